The van der Waals surface area contributed by atoms with E-state index in [-0.39, 0.29) is 29.8 Å². The van der Waals surface area contributed by atoms with Gasteiger partial charge in [0, 0.05) is 36.6 Å². The van der Waals surface area contributed by atoms with E-state index < -0.39 is 10.0 Å². The highest BCUT2D eigenvalue weighted by Crippen LogP contribution is 2.15. The minimum Gasteiger partial charge on any atom is -0.337 e. The fourth-order valence-corrected chi connectivity index (χ4v) is 4.41. The second-order valence-electron chi connectivity index (χ2n) is 5.82. The van der Waals surface area contributed by atoms with Crippen LogP contribution in [-0.2, 0) is 16.6 Å². The molecule has 0 atom stereocenters. The summed E-state index contributed by atoms with van der Waals surface area (Å²) in [5, 5.41) is 5.16. The second-order valence-corrected chi connectivity index (χ2v) is 8.62. The Labute approximate surface area is 164 Å². The molecule has 0 saturated carbocycles. The van der Waals surface area contributed by atoms with E-state index in [1.54, 1.807) is 17.0 Å². The Balaban J connectivity index is 0.00000243. The first-order chi connectivity index (χ1) is 12.1. The normalized spacial score (nSPS) is 15.2. The zero-order chi connectivity index (χ0) is 17.7. The van der Waals surface area contributed by atoms with Crippen molar-refractivity contribution >= 4 is 39.7 Å². The zero-order valence-corrected chi connectivity index (χ0v) is 16.6. The number of halogens is 1. The molecule has 1 amide bonds. The molecule has 1 aromatic carbocycles. The van der Waals surface area contributed by atoms with Crippen LogP contribution < -0.4 is 10.0 Å². The largest absolute Gasteiger partial charge is 0.337 e. The van der Waals surface area contributed by atoms with Crippen LogP contribution in [0.2, 0.25) is 0 Å². The number of sulfonamides is 1. The van der Waals surface area contributed by atoms with Crippen molar-refractivity contribution in [1.29, 1.82) is 0 Å². The molecule has 2 heterocycles. The predicted molar refractivity (Wildman–Crippen MR) is 105 cm³/mol. The Hall–Kier alpha value is -1.45. The van der Waals surface area contributed by atoms with Gasteiger partial charge in [-0.05, 0) is 48.7 Å². The average molecular weight is 416 g/mol. The van der Waals surface area contributed by atoms with Crippen LogP contribution in [0.15, 0.2) is 46.7 Å². The lowest BCUT2D eigenvalue weighted by atomic mass is 10.2. The third-order valence-electron chi connectivity index (χ3n) is 4.06. The molecule has 0 aliphatic carbocycles. The number of benzene rings is 1. The Morgan fingerprint density at radius 2 is 1.92 bits per heavy atom. The minimum atomic E-state index is -3.59. The van der Waals surface area contributed by atoms with E-state index in [4.69, 9.17) is 0 Å². The van der Waals surface area contributed by atoms with Crippen LogP contribution in [0.1, 0.15) is 21.7 Å². The lowest BCUT2D eigenvalue weighted by Gasteiger charge is -2.20. The molecule has 2 N–H and O–H groups in total. The third kappa shape index (κ3) is 5.28. The highest BCUT2D eigenvalue weighted by atomic mass is 35.5. The maximum atomic E-state index is 12.5. The van der Waals surface area contributed by atoms with E-state index in [0.29, 0.717) is 18.7 Å². The van der Waals surface area contributed by atoms with Crippen molar-refractivity contribution in [3.63, 3.8) is 0 Å². The van der Waals surface area contributed by atoms with Gasteiger partial charge in [0.1, 0.15) is 0 Å². The maximum absolute atomic E-state index is 12.5. The van der Waals surface area contributed by atoms with Gasteiger partial charge in [0.2, 0.25) is 10.0 Å². The fourth-order valence-electron chi connectivity index (χ4n) is 2.67. The van der Waals surface area contributed by atoms with Gasteiger partial charge < -0.3 is 10.2 Å². The van der Waals surface area contributed by atoms with Crippen LogP contribution in [-0.4, -0.2) is 45.4 Å². The quantitative estimate of drug-likeness (QED) is 0.783. The monoisotopic (exact) mass is 415 g/mol. The Morgan fingerprint density at radius 1 is 1.15 bits per heavy atom. The summed E-state index contributed by atoms with van der Waals surface area (Å²) in [6, 6.07) is 9.90. The molecule has 26 heavy (non-hydrogen) atoms. The molecule has 2 aromatic rings. The third-order valence-corrected chi connectivity index (χ3v) is 6.35. The summed E-state index contributed by atoms with van der Waals surface area (Å²) in [5.74, 6) is -0.0563. The number of hydrogen-bond acceptors (Lipinski definition) is 5. The Bertz CT molecular complexity index is 800. The number of thiophene rings is 1. The molecule has 142 valence electrons. The summed E-state index contributed by atoms with van der Waals surface area (Å²) in [6.07, 6.45) is 0.921. The molecule has 3 rings (SSSR count). The summed E-state index contributed by atoms with van der Waals surface area (Å²) in [4.78, 5) is 15.4. The Kier molecular flexibility index (Phi) is 7.60. The molecule has 1 aliphatic heterocycles. The molecule has 1 aliphatic rings. The van der Waals surface area contributed by atoms with Crippen molar-refractivity contribution in [3.05, 3.63) is 52.2 Å². The van der Waals surface area contributed by atoms with Gasteiger partial charge in [0.15, 0.2) is 0 Å². The standard InChI is InChI=1S/C17H21N3O3S2.ClH/c21-17(20-10-2-8-18-9-11-20)14-4-6-16(7-5-14)25(22,23)19-13-15-3-1-12-24-15;/h1,3-7,12,18-19H,2,8-11,13H2;1H. The molecule has 1 saturated heterocycles. The van der Waals surface area contributed by atoms with Gasteiger partial charge >= 0.3 is 0 Å². The molecule has 0 unspecified atom stereocenters. The van der Waals surface area contributed by atoms with Crippen LogP contribution in [0.5, 0.6) is 0 Å². The van der Waals surface area contributed by atoms with Crippen molar-refractivity contribution in [2.24, 2.45) is 0 Å². The molecular weight excluding hydrogens is 394 g/mol. The maximum Gasteiger partial charge on any atom is 0.253 e. The van der Waals surface area contributed by atoms with Gasteiger partial charge in [-0.25, -0.2) is 13.1 Å². The van der Waals surface area contributed by atoms with E-state index in [0.717, 1.165) is 24.4 Å². The molecular formula is C17H22ClN3O3S2. The fraction of sp³-hybridized carbons (Fsp3) is 0.353. The van der Waals surface area contributed by atoms with Gasteiger partial charge in [-0.2, -0.15) is 0 Å². The number of rotatable bonds is 5. The van der Waals surface area contributed by atoms with E-state index in [9.17, 15) is 13.2 Å². The van der Waals surface area contributed by atoms with Crippen molar-refractivity contribution in [3.8, 4) is 0 Å². The number of carbonyl (C=O) groups is 1. The highest BCUT2D eigenvalue weighted by molar-refractivity contribution is 7.89. The first-order valence-electron chi connectivity index (χ1n) is 8.18. The minimum absolute atomic E-state index is 0. The van der Waals surface area contributed by atoms with E-state index >= 15 is 0 Å². The highest BCUT2D eigenvalue weighted by Gasteiger charge is 2.19. The van der Waals surface area contributed by atoms with Crippen LogP contribution in [0.25, 0.3) is 0 Å². The molecule has 1 aromatic heterocycles. The Morgan fingerprint density at radius 3 is 2.62 bits per heavy atom. The van der Waals surface area contributed by atoms with Gasteiger partial charge in [-0.3, -0.25) is 4.79 Å². The molecule has 9 heteroatoms. The first kappa shape index (κ1) is 20.9. The summed E-state index contributed by atoms with van der Waals surface area (Å²) in [7, 11) is -3.59. The molecule has 0 radical (unpaired) electrons. The van der Waals surface area contributed by atoms with E-state index in [2.05, 4.69) is 10.0 Å². The average Bonchev–Trinajstić information content (AvgIpc) is 3.00. The van der Waals surface area contributed by atoms with Gasteiger partial charge in [-0.1, -0.05) is 6.07 Å². The van der Waals surface area contributed by atoms with Crippen molar-refractivity contribution in [1.82, 2.24) is 14.9 Å². The smallest absolute Gasteiger partial charge is 0.253 e. The van der Waals surface area contributed by atoms with Crippen LogP contribution in [0.3, 0.4) is 0 Å². The number of nitrogens with zero attached hydrogens (tertiary/aromatic N) is 1. The number of carbonyl (C=O) groups excluding carboxylic acids is 1. The number of amides is 1. The first-order valence-corrected chi connectivity index (χ1v) is 10.5. The van der Waals surface area contributed by atoms with Crippen molar-refractivity contribution in [2.45, 2.75) is 17.9 Å². The van der Waals surface area contributed by atoms with Gasteiger partial charge in [0.25, 0.3) is 5.91 Å². The summed E-state index contributed by atoms with van der Waals surface area (Å²) >= 11 is 1.50. The zero-order valence-electron chi connectivity index (χ0n) is 14.2. The van der Waals surface area contributed by atoms with Gasteiger partial charge in [0.05, 0.1) is 4.90 Å². The van der Waals surface area contributed by atoms with Crippen LogP contribution in [0, 0.1) is 0 Å². The number of nitrogens with one attached hydrogen (secondary N) is 2. The summed E-state index contributed by atoms with van der Waals surface area (Å²) in [6.45, 7) is 3.35. The lowest BCUT2D eigenvalue weighted by Crippen LogP contribution is -2.34. The SMILES string of the molecule is Cl.O=C(c1ccc(S(=O)(=O)NCc2cccs2)cc1)N1CCCNCC1. The van der Waals surface area contributed by atoms with Crippen molar-refractivity contribution in [2.75, 3.05) is 26.2 Å². The van der Waals surface area contributed by atoms with E-state index in [1.165, 1.54) is 23.5 Å². The molecule has 6 nitrogen and oxygen atoms in total. The van der Waals surface area contributed by atoms with Gasteiger partial charge in [-0.15, -0.1) is 23.7 Å². The summed E-state index contributed by atoms with van der Waals surface area (Å²) in [5.41, 5.74) is 0.513. The number of hydrogen-bond donors (Lipinski definition) is 2. The predicted octanol–water partition coefficient (Wildman–Crippen LogP) is 2.08. The van der Waals surface area contributed by atoms with Crippen molar-refractivity contribution < 1.29 is 13.2 Å². The van der Waals surface area contributed by atoms with Crippen LogP contribution in [0.4, 0.5) is 0 Å². The van der Waals surface area contributed by atoms with E-state index in [1.807, 2.05) is 17.5 Å². The summed E-state index contributed by atoms with van der Waals surface area (Å²) < 4.78 is 27.3. The second kappa shape index (κ2) is 9.48. The topological polar surface area (TPSA) is 78.5 Å². The molecule has 0 spiro atoms. The lowest BCUT2D eigenvalue weighted by molar-refractivity contribution is 0.0766. The van der Waals surface area contributed by atoms with Crippen LogP contribution >= 0.6 is 23.7 Å². The molecule has 0 bridgehead atoms. The molecule has 1 fully saturated rings.